The minimum absolute atomic E-state index is 0.0856. The van der Waals surface area contributed by atoms with Gasteiger partial charge in [0.15, 0.2) is 0 Å². The monoisotopic (exact) mass is 306 g/mol. The second kappa shape index (κ2) is 8.91. The first kappa shape index (κ1) is 17.8. The van der Waals surface area contributed by atoms with E-state index in [1.54, 1.807) is 0 Å². The number of unbranched alkanes of at least 4 members (excludes halogenated alkanes) is 3. The maximum absolute atomic E-state index is 3.14. The van der Waals surface area contributed by atoms with Gasteiger partial charge in [-0.1, -0.05) is 101 Å². The zero-order valence-corrected chi connectivity index (χ0v) is 14.9. The molecule has 0 heteroatoms. The van der Waals surface area contributed by atoms with Crippen LogP contribution in [0.4, 0.5) is 0 Å². The summed E-state index contributed by atoms with van der Waals surface area (Å²) in [5, 5.41) is 0. The van der Waals surface area contributed by atoms with Crippen molar-refractivity contribution >= 4 is 0 Å². The second-order valence-corrected chi connectivity index (χ2v) is 7.26. The van der Waals surface area contributed by atoms with Crippen LogP contribution in [0.25, 0.3) is 0 Å². The highest BCUT2D eigenvalue weighted by Gasteiger charge is 2.27. The van der Waals surface area contributed by atoms with Crippen LogP contribution < -0.4 is 0 Å². The Hall–Kier alpha value is -1.56. The van der Waals surface area contributed by atoms with Crippen LogP contribution in [0.1, 0.15) is 70.4 Å². The average molecular weight is 306 g/mol. The summed E-state index contributed by atoms with van der Waals surface area (Å²) in [4.78, 5) is 0. The fourth-order valence-electron chi connectivity index (χ4n) is 3.35. The van der Waals surface area contributed by atoms with E-state index in [9.17, 15) is 0 Å². The Kier molecular flexibility index (Phi) is 6.89. The summed E-state index contributed by atoms with van der Waals surface area (Å²) in [6.45, 7) is 7.01. The molecule has 2 aromatic rings. The molecule has 0 atom stereocenters. The number of rotatable bonds is 9. The molecule has 0 bridgehead atoms. The van der Waals surface area contributed by atoms with Crippen LogP contribution in [0.15, 0.2) is 48.5 Å². The van der Waals surface area contributed by atoms with Crippen LogP contribution in [0.5, 0.6) is 0 Å². The lowest BCUT2D eigenvalue weighted by atomic mass is 9.72. The maximum atomic E-state index is 3.14. The molecule has 122 valence electrons. The molecular weight excluding hydrogens is 276 g/mol. The lowest BCUT2D eigenvalue weighted by Crippen LogP contribution is -2.23. The van der Waals surface area contributed by atoms with Crippen molar-refractivity contribution in [3.8, 4) is 0 Å². The molecule has 0 amide bonds. The fourth-order valence-corrected chi connectivity index (χ4v) is 3.35. The third-order valence-corrected chi connectivity index (χ3v) is 4.92. The Bertz CT molecular complexity index is 499. The van der Waals surface area contributed by atoms with Gasteiger partial charge in [0, 0.05) is 5.41 Å². The van der Waals surface area contributed by atoms with Crippen molar-refractivity contribution < 1.29 is 0 Å². The SMILES string of the molecule is CC(C)CCCCCCC(C)(c1cc[c]cc1)c1cc[c]cc1. The number of benzene rings is 2. The molecule has 0 fully saturated rings. The van der Waals surface area contributed by atoms with Crippen molar-refractivity contribution in [2.45, 2.75) is 64.7 Å². The van der Waals surface area contributed by atoms with Gasteiger partial charge < -0.3 is 0 Å². The van der Waals surface area contributed by atoms with E-state index in [1.807, 2.05) is 24.3 Å². The summed E-state index contributed by atoms with van der Waals surface area (Å²) in [6.07, 6.45) is 7.91. The van der Waals surface area contributed by atoms with Gasteiger partial charge in [0.2, 0.25) is 0 Å². The molecular formula is C23H30. The lowest BCUT2D eigenvalue weighted by molar-refractivity contribution is 0.461. The predicted octanol–water partition coefficient (Wildman–Crippen LogP) is 6.59. The summed E-state index contributed by atoms with van der Waals surface area (Å²) in [5.74, 6) is 0.835. The first-order chi connectivity index (χ1) is 11.1. The van der Waals surface area contributed by atoms with Crippen molar-refractivity contribution in [2.24, 2.45) is 5.92 Å². The zero-order chi connectivity index (χ0) is 16.5. The molecule has 2 radical (unpaired) electrons. The van der Waals surface area contributed by atoms with Crippen LogP contribution in [-0.4, -0.2) is 0 Å². The molecule has 23 heavy (non-hydrogen) atoms. The summed E-state index contributed by atoms with van der Waals surface area (Å²) in [5.41, 5.74) is 2.87. The van der Waals surface area contributed by atoms with Crippen molar-refractivity contribution in [1.29, 1.82) is 0 Å². The van der Waals surface area contributed by atoms with Gasteiger partial charge in [-0.25, -0.2) is 0 Å². The third kappa shape index (κ3) is 5.23. The smallest absolute Gasteiger partial charge is 0.0174 e. The molecule has 0 nitrogen and oxygen atoms in total. The Labute approximate surface area is 143 Å². The normalized spacial score (nSPS) is 11.8. The largest absolute Gasteiger partial charge is 0.0628 e. The molecule has 0 unspecified atom stereocenters. The first-order valence-electron chi connectivity index (χ1n) is 9.06. The Morgan fingerprint density at radius 1 is 0.783 bits per heavy atom. The van der Waals surface area contributed by atoms with Crippen LogP contribution in [-0.2, 0) is 5.41 Å². The Morgan fingerprint density at radius 2 is 1.26 bits per heavy atom. The molecule has 0 aliphatic carbocycles. The van der Waals surface area contributed by atoms with E-state index < -0.39 is 0 Å². The average Bonchev–Trinajstić information content (AvgIpc) is 2.59. The van der Waals surface area contributed by atoms with E-state index >= 15 is 0 Å². The molecule has 0 aliphatic rings. The van der Waals surface area contributed by atoms with Crippen LogP contribution in [0.3, 0.4) is 0 Å². The van der Waals surface area contributed by atoms with Crippen LogP contribution in [0.2, 0.25) is 0 Å². The highest BCUT2D eigenvalue weighted by Crippen LogP contribution is 2.36. The maximum Gasteiger partial charge on any atom is 0.0174 e. The first-order valence-corrected chi connectivity index (χ1v) is 9.06. The summed E-state index contributed by atoms with van der Waals surface area (Å²) >= 11 is 0. The van der Waals surface area contributed by atoms with Gasteiger partial charge in [0.1, 0.15) is 0 Å². The molecule has 0 heterocycles. The van der Waals surface area contributed by atoms with Crippen LogP contribution >= 0.6 is 0 Å². The fraction of sp³-hybridized carbons (Fsp3) is 0.478. The Morgan fingerprint density at radius 3 is 1.74 bits per heavy atom. The minimum atomic E-state index is 0.0856. The van der Waals surface area contributed by atoms with E-state index in [2.05, 4.69) is 57.2 Å². The van der Waals surface area contributed by atoms with Gasteiger partial charge in [0.25, 0.3) is 0 Å². The quantitative estimate of drug-likeness (QED) is 0.458. The van der Waals surface area contributed by atoms with Gasteiger partial charge in [-0.15, -0.1) is 0 Å². The standard InChI is InChI=1S/C23H30/c1-20(2)14-8-4-5-13-19-23(3,21-15-9-6-10-16-21)22-17-11-7-12-18-22/h9-12,15-18,20H,4-5,8,13-14,19H2,1-3H3. The highest BCUT2D eigenvalue weighted by atomic mass is 14.3. The van der Waals surface area contributed by atoms with Crippen molar-refractivity contribution in [1.82, 2.24) is 0 Å². The van der Waals surface area contributed by atoms with Crippen molar-refractivity contribution in [3.63, 3.8) is 0 Å². The van der Waals surface area contributed by atoms with Gasteiger partial charge in [-0.2, -0.15) is 0 Å². The van der Waals surface area contributed by atoms with E-state index in [0.29, 0.717) is 0 Å². The molecule has 0 aromatic heterocycles. The number of hydrogen-bond acceptors (Lipinski definition) is 0. The topological polar surface area (TPSA) is 0 Å². The molecule has 2 rings (SSSR count). The van der Waals surface area contributed by atoms with Crippen LogP contribution in [0, 0.1) is 18.1 Å². The van der Waals surface area contributed by atoms with Gasteiger partial charge in [0.05, 0.1) is 0 Å². The molecule has 0 N–H and O–H groups in total. The summed E-state index contributed by atoms with van der Waals surface area (Å²) in [7, 11) is 0. The highest BCUT2D eigenvalue weighted by molar-refractivity contribution is 5.37. The second-order valence-electron chi connectivity index (χ2n) is 7.26. The van der Waals surface area contributed by atoms with E-state index in [4.69, 9.17) is 0 Å². The predicted molar refractivity (Wildman–Crippen MR) is 99.6 cm³/mol. The van der Waals surface area contributed by atoms with Gasteiger partial charge >= 0.3 is 0 Å². The van der Waals surface area contributed by atoms with Gasteiger partial charge in [-0.3, -0.25) is 0 Å². The third-order valence-electron chi connectivity index (χ3n) is 4.92. The van der Waals surface area contributed by atoms with E-state index in [1.165, 1.54) is 49.7 Å². The summed E-state index contributed by atoms with van der Waals surface area (Å²) < 4.78 is 0. The molecule has 0 spiro atoms. The van der Waals surface area contributed by atoms with Crippen molar-refractivity contribution in [2.75, 3.05) is 0 Å². The summed E-state index contributed by atoms with van der Waals surface area (Å²) in [6, 6.07) is 23.3. The number of hydrogen-bond donors (Lipinski definition) is 0. The molecule has 0 saturated heterocycles. The zero-order valence-electron chi connectivity index (χ0n) is 14.9. The van der Waals surface area contributed by atoms with E-state index in [-0.39, 0.29) is 5.41 Å². The minimum Gasteiger partial charge on any atom is -0.0628 e. The lowest BCUT2D eigenvalue weighted by Gasteiger charge is -2.31. The van der Waals surface area contributed by atoms with E-state index in [0.717, 1.165) is 5.92 Å². The Balaban J connectivity index is 2.01. The molecule has 2 aromatic carbocycles. The molecule has 0 aliphatic heterocycles. The van der Waals surface area contributed by atoms with Gasteiger partial charge in [-0.05, 0) is 35.6 Å². The molecule has 0 saturated carbocycles. The van der Waals surface area contributed by atoms with Crippen molar-refractivity contribution in [3.05, 3.63) is 71.8 Å².